The molecule has 1 saturated heterocycles. The normalized spacial score (nSPS) is 21.9. The topological polar surface area (TPSA) is 137 Å². The number of sulfone groups is 1. The molecular weight excluding hydrogens is 597 g/mol. The molecule has 0 bridgehead atoms. The van der Waals surface area contributed by atoms with Crippen molar-refractivity contribution in [2.45, 2.75) is 67.1 Å². The summed E-state index contributed by atoms with van der Waals surface area (Å²) >= 11 is 1.26. The summed E-state index contributed by atoms with van der Waals surface area (Å²) in [5.41, 5.74) is -2.40. The van der Waals surface area contributed by atoms with Crippen LogP contribution in [0.2, 0.25) is 0 Å². The van der Waals surface area contributed by atoms with E-state index in [0.29, 0.717) is 30.4 Å². The van der Waals surface area contributed by atoms with Gasteiger partial charge in [0.05, 0.1) is 22.5 Å². The SMILES string of the molecule is CC(C)N1CCN(C(=O)CSc2ccc(S(=O)(=O)CC3CCCCC3(OC(=O)C(F)(F)F)C(=O)NCC#N)cc2)CC1. The zero-order valence-electron chi connectivity index (χ0n) is 23.5. The number of benzene rings is 1. The summed E-state index contributed by atoms with van der Waals surface area (Å²) in [5, 5.41) is 11.0. The van der Waals surface area contributed by atoms with Crippen LogP contribution in [0, 0.1) is 17.2 Å². The second-order valence-corrected chi connectivity index (χ2v) is 13.7. The number of carbonyl (C=O) groups is 3. The molecular formula is C27H35F3N4O6S2. The number of nitrogens with zero attached hydrogens (tertiary/aromatic N) is 3. The first-order chi connectivity index (χ1) is 19.7. The number of piperazine rings is 1. The maximum atomic E-state index is 13.3. The highest BCUT2D eigenvalue weighted by Gasteiger charge is 2.55. The van der Waals surface area contributed by atoms with Crippen LogP contribution < -0.4 is 5.32 Å². The number of alkyl halides is 3. The third-order valence-corrected chi connectivity index (χ3v) is 10.4. The Hall–Kier alpha value is -2.83. The van der Waals surface area contributed by atoms with Crippen molar-refractivity contribution in [3.63, 3.8) is 0 Å². The molecule has 2 fully saturated rings. The molecule has 1 aliphatic carbocycles. The number of halogens is 3. The number of nitriles is 1. The van der Waals surface area contributed by atoms with E-state index in [1.165, 1.54) is 23.9 Å². The first-order valence-corrected chi connectivity index (χ1v) is 16.3. The summed E-state index contributed by atoms with van der Waals surface area (Å²) in [6, 6.07) is 7.81. The van der Waals surface area contributed by atoms with Crippen molar-refractivity contribution in [3.8, 4) is 6.07 Å². The summed E-state index contributed by atoms with van der Waals surface area (Å²) in [4.78, 5) is 42.1. The highest BCUT2D eigenvalue weighted by molar-refractivity contribution is 8.00. The first kappa shape index (κ1) is 33.7. The third-order valence-electron chi connectivity index (χ3n) is 7.59. The van der Waals surface area contributed by atoms with Crippen LogP contribution in [0.15, 0.2) is 34.1 Å². The molecule has 1 aromatic rings. The Bertz CT molecular complexity index is 1280. The van der Waals surface area contributed by atoms with Crippen molar-refractivity contribution in [2.24, 2.45) is 5.92 Å². The van der Waals surface area contributed by atoms with Crippen molar-refractivity contribution in [1.82, 2.24) is 15.1 Å². The second kappa shape index (κ2) is 14.1. The lowest BCUT2D eigenvalue weighted by Gasteiger charge is -2.41. The molecule has 2 aliphatic rings. The quantitative estimate of drug-likeness (QED) is 0.235. The number of ether oxygens (including phenoxy) is 1. The van der Waals surface area contributed by atoms with Gasteiger partial charge in [0.2, 0.25) is 5.91 Å². The number of carbonyl (C=O) groups excluding carboxylic acids is 3. The van der Waals surface area contributed by atoms with Gasteiger partial charge in [-0.2, -0.15) is 18.4 Å². The Morgan fingerprint density at radius 2 is 1.79 bits per heavy atom. The number of esters is 1. The fourth-order valence-corrected chi connectivity index (χ4v) is 7.74. The average molecular weight is 633 g/mol. The molecule has 3 rings (SSSR count). The van der Waals surface area contributed by atoms with E-state index in [9.17, 15) is 36.0 Å². The van der Waals surface area contributed by atoms with E-state index in [0.717, 1.165) is 13.1 Å². The maximum Gasteiger partial charge on any atom is 0.490 e. The van der Waals surface area contributed by atoms with Gasteiger partial charge in [-0.25, -0.2) is 13.2 Å². The van der Waals surface area contributed by atoms with E-state index in [-0.39, 0.29) is 35.8 Å². The van der Waals surface area contributed by atoms with E-state index in [1.807, 2.05) is 0 Å². The van der Waals surface area contributed by atoms with Crippen LogP contribution in [0.5, 0.6) is 0 Å². The van der Waals surface area contributed by atoms with Gasteiger partial charge in [-0.05, 0) is 57.4 Å². The van der Waals surface area contributed by atoms with Gasteiger partial charge < -0.3 is 15.0 Å². The van der Waals surface area contributed by atoms with Gasteiger partial charge in [-0.15, -0.1) is 11.8 Å². The fourth-order valence-electron chi connectivity index (χ4n) is 5.23. The van der Waals surface area contributed by atoms with E-state index in [1.54, 1.807) is 23.1 Å². The maximum absolute atomic E-state index is 13.3. The molecule has 15 heteroatoms. The number of hydrogen-bond acceptors (Lipinski definition) is 9. The lowest BCUT2D eigenvalue weighted by molar-refractivity contribution is -0.221. The highest BCUT2D eigenvalue weighted by atomic mass is 32.2. The predicted octanol–water partition coefficient (Wildman–Crippen LogP) is 2.78. The predicted molar refractivity (Wildman–Crippen MR) is 148 cm³/mol. The molecule has 2 amide bonds. The van der Waals surface area contributed by atoms with E-state index >= 15 is 0 Å². The van der Waals surface area contributed by atoms with Gasteiger partial charge in [0, 0.05) is 43.0 Å². The van der Waals surface area contributed by atoms with Gasteiger partial charge in [-0.1, -0.05) is 6.42 Å². The molecule has 232 valence electrons. The molecule has 0 aromatic heterocycles. The molecule has 1 heterocycles. The van der Waals surface area contributed by atoms with Crippen molar-refractivity contribution in [1.29, 1.82) is 5.26 Å². The van der Waals surface area contributed by atoms with Gasteiger partial charge in [0.1, 0.15) is 6.54 Å². The van der Waals surface area contributed by atoms with Gasteiger partial charge in [-0.3, -0.25) is 14.5 Å². The van der Waals surface area contributed by atoms with Crippen LogP contribution in [-0.2, 0) is 29.0 Å². The van der Waals surface area contributed by atoms with E-state index < -0.39 is 51.7 Å². The Morgan fingerprint density at radius 3 is 2.36 bits per heavy atom. The van der Waals surface area contributed by atoms with Crippen LogP contribution >= 0.6 is 11.8 Å². The Labute approximate surface area is 247 Å². The summed E-state index contributed by atoms with van der Waals surface area (Å²) in [7, 11) is -4.14. The minimum Gasteiger partial charge on any atom is -0.442 e. The first-order valence-electron chi connectivity index (χ1n) is 13.6. The van der Waals surface area contributed by atoms with Crippen molar-refractivity contribution in [3.05, 3.63) is 24.3 Å². The second-order valence-electron chi connectivity index (χ2n) is 10.6. The highest BCUT2D eigenvalue weighted by Crippen LogP contribution is 2.40. The summed E-state index contributed by atoms with van der Waals surface area (Å²) in [6.45, 7) is 6.56. The molecule has 42 heavy (non-hydrogen) atoms. The molecule has 10 nitrogen and oxygen atoms in total. The van der Waals surface area contributed by atoms with Gasteiger partial charge >= 0.3 is 12.1 Å². The molecule has 1 N–H and O–H groups in total. The van der Waals surface area contributed by atoms with Crippen molar-refractivity contribution >= 4 is 39.4 Å². The van der Waals surface area contributed by atoms with Crippen molar-refractivity contribution < 1.29 is 40.7 Å². The van der Waals surface area contributed by atoms with Crippen LogP contribution in [0.3, 0.4) is 0 Å². The zero-order chi connectivity index (χ0) is 31.1. The monoisotopic (exact) mass is 632 g/mol. The average Bonchev–Trinajstić information content (AvgIpc) is 2.95. The molecule has 0 radical (unpaired) electrons. The zero-order valence-corrected chi connectivity index (χ0v) is 25.1. The summed E-state index contributed by atoms with van der Waals surface area (Å²) in [5.74, 6) is -5.59. The number of amides is 2. The molecule has 2 unspecified atom stereocenters. The molecule has 1 saturated carbocycles. The van der Waals surface area contributed by atoms with Crippen LogP contribution in [-0.4, -0.2) is 98.0 Å². The van der Waals surface area contributed by atoms with Crippen LogP contribution in [0.25, 0.3) is 0 Å². The third kappa shape index (κ3) is 8.38. The summed E-state index contributed by atoms with van der Waals surface area (Å²) in [6.07, 6.45) is -5.07. The van der Waals surface area contributed by atoms with Crippen LogP contribution in [0.1, 0.15) is 39.5 Å². The Balaban J connectivity index is 1.70. The fraction of sp³-hybridized carbons (Fsp3) is 0.630. The minimum absolute atomic E-state index is 0.0168. The molecule has 1 aromatic carbocycles. The van der Waals surface area contributed by atoms with Crippen LogP contribution in [0.4, 0.5) is 13.2 Å². The summed E-state index contributed by atoms with van der Waals surface area (Å²) < 4.78 is 70.8. The standard InChI is InChI=1S/C27H35F3N4O6S2/c1-19(2)33-13-15-34(16-14-33)23(35)17-41-21-6-8-22(9-7-21)42(38,39)18-20-5-3-4-10-26(20,24(36)32-12-11-31)40-25(37)27(28,29)30/h6-9,19-20H,3-5,10,12-18H2,1-2H3,(H,32,36). The van der Waals surface area contributed by atoms with E-state index in [2.05, 4.69) is 24.1 Å². The molecule has 1 aliphatic heterocycles. The number of nitrogens with one attached hydrogen (secondary N) is 1. The number of rotatable bonds is 10. The smallest absolute Gasteiger partial charge is 0.442 e. The number of thioether (sulfide) groups is 1. The number of hydrogen-bond donors (Lipinski definition) is 1. The lowest BCUT2D eigenvalue weighted by atomic mass is 9.75. The minimum atomic E-state index is -5.40. The van der Waals surface area contributed by atoms with E-state index in [4.69, 9.17) is 10.00 Å². The largest absolute Gasteiger partial charge is 0.490 e. The van der Waals surface area contributed by atoms with Crippen molar-refractivity contribution in [2.75, 3.05) is 44.2 Å². The van der Waals surface area contributed by atoms with Gasteiger partial charge in [0.25, 0.3) is 5.91 Å². The Kier molecular flexibility index (Phi) is 11.3. The molecule has 0 spiro atoms. The molecule has 2 atom stereocenters. The Morgan fingerprint density at radius 1 is 1.14 bits per heavy atom. The lowest BCUT2D eigenvalue weighted by Crippen LogP contribution is -2.59. The van der Waals surface area contributed by atoms with Gasteiger partial charge in [0.15, 0.2) is 15.4 Å².